The maximum atomic E-state index is 10.9. The number of aliphatic carboxylic acids is 1. The Balaban J connectivity index is 2.49. The molecule has 6 nitrogen and oxygen atoms in total. The van der Waals surface area contributed by atoms with Crippen LogP contribution in [0.25, 0.3) is 0 Å². The van der Waals surface area contributed by atoms with Crippen molar-refractivity contribution in [3.05, 3.63) is 17.6 Å². The van der Waals surface area contributed by atoms with E-state index in [0.29, 0.717) is 17.2 Å². The van der Waals surface area contributed by atoms with E-state index in [1.165, 1.54) is 6.33 Å². The summed E-state index contributed by atoms with van der Waals surface area (Å²) in [4.78, 5) is 16.7. The normalized spacial score (nSPS) is 15.7. The van der Waals surface area contributed by atoms with E-state index in [4.69, 9.17) is 5.11 Å². The molecular weight excluding hydrogens is 184 g/mol. The van der Waals surface area contributed by atoms with Gasteiger partial charge in [0.25, 0.3) is 0 Å². The lowest BCUT2D eigenvalue weighted by Crippen LogP contribution is -2.29. The van der Waals surface area contributed by atoms with Gasteiger partial charge in [0.1, 0.15) is 6.33 Å². The van der Waals surface area contributed by atoms with E-state index >= 15 is 0 Å². The van der Waals surface area contributed by atoms with Crippen molar-refractivity contribution in [2.75, 3.05) is 11.9 Å². The van der Waals surface area contributed by atoms with Crippen LogP contribution >= 0.6 is 0 Å². The topological polar surface area (TPSA) is 71.2 Å². The maximum Gasteiger partial charge on any atom is 0.335 e. The number of hydrogen-bond donors (Lipinski definition) is 1. The molecule has 0 bridgehead atoms. The minimum absolute atomic E-state index is 0.279. The molecule has 0 fully saturated rings. The molecule has 0 spiro atoms. The highest BCUT2D eigenvalue weighted by Gasteiger charge is 2.24. The Bertz CT molecular complexity index is 421. The molecule has 6 heteroatoms. The molecule has 1 aliphatic rings. The van der Waals surface area contributed by atoms with E-state index in [2.05, 4.69) is 10.1 Å². The van der Waals surface area contributed by atoms with Crippen LogP contribution in [0.2, 0.25) is 0 Å². The average Bonchev–Trinajstić information content (AvgIpc) is 2.58. The number of fused-ring (bicyclic) bond motifs is 1. The quantitative estimate of drug-likeness (QED) is 0.685. The summed E-state index contributed by atoms with van der Waals surface area (Å²) in [7, 11) is 1.78. The van der Waals surface area contributed by atoms with Crippen LogP contribution in [0.15, 0.2) is 17.6 Å². The maximum absolute atomic E-state index is 10.9. The van der Waals surface area contributed by atoms with Crippen LogP contribution in [0.5, 0.6) is 0 Å². The SMILES string of the molecule is CC1=C(C(=O)O)Cn2ncnc2N1C. The van der Waals surface area contributed by atoms with E-state index in [0.717, 1.165) is 0 Å². The second-order valence-electron chi connectivity index (χ2n) is 3.15. The number of carbonyl (C=O) groups is 1. The first-order chi connectivity index (χ1) is 6.61. The van der Waals surface area contributed by atoms with Crippen LogP contribution in [0.1, 0.15) is 6.92 Å². The summed E-state index contributed by atoms with van der Waals surface area (Å²) in [5.74, 6) is -0.233. The molecule has 0 atom stereocenters. The lowest BCUT2D eigenvalue weighted by Gasteiger charge is -2.25. The number of hydrogen-bond acceptors (Lipinski definition) is 4. The van der Waals surface area contributed by atoms with Gasteiger partial charge in [0, 0.05) is 12.7 Å². The number of carboxylic acid groups (broad SMARTS) is 1. The van der Waals surface area contributed by atoms with Crippen LogP contribution in [0.3, 0.4) is 0 Å². The lowest BCUT2D eigenvalue weighted by molar-refractivity contribution is -0.133. The summed E-state index contributed by atoms with van der Waals surface area (Å²) in [6.45, 7) is 2.04. The van der Waals surface area contributed by atoms with Gasteiger partial charge in [-0.1, -0.05) is 0 Å². The van der Waals surface area contributed by atoms with Crippen LogP contribution < -0.4 is 4.90 Å². The fourth-order valence-corrected chi connectivity index (χ4v) is 1.47. The Morgan fingerprint density at radius 3 is 3.00 bits per heavy atom. The summed E-state index contributed by atoms with van der Waals surface area (Å²) >= 11 is 0. The Morgan fingerprint density at radius 2 is 2.36 bits per heavy atom. The Morgan fingerprint density at radius 1 is 1.64 bits per heavy atom. The number of aromatic nitrogens is 3. The summed E-state index contributed by atoms with van der Waals surface area (Å²) in [5.41, 5.74) is 1.06. The molecule has 74 valence electrons. The van der Waals surface area contributed by atoms with Gasteiger partial charge in [0.2, 0.25) is 5.95 Å². The van der Waals surface area contributed by atoms with Gasteiger partial charge in [-0.15, -0.1) is 0 Å². The fraction of sp³-hybridized carbons (Fsp3) is 0.375. The highest BCUT2D eigenvalue weighted by atomic mass is 16.4. The van der Waals surface area contributed by atoms with E-state index in [9.17, 15) is 4.79 Å². The number of nitrogens with zero attached hydrogens (tertiary/aromatic N) is 4. The van der Waals surface area contributed by atoms with Crippen LogP contribution in [-0.2, 0) is 11.3 Å². The van der Waals surface area contributed by atoms with Crippen LogP contribution in [0.4, 0.5) is 5.95 Å². The van der Waals surface area contributed by atoms with Crippen molar-refractivity contribution in [1.29, 1.82) is 0 Å². The van der Waals surface area contributed by atoms with E-state index < -0.39 is 5.97 Å². The van der Waals surface area contributed by atoms with Crippen LogP contribution in [0, 0.1) is 0 Å². The van der Waals surface area contributed by atoms with Crippen LogP contribution in [-0.4, -0.2) is 32.9 Å². The molecule has 1 aliphatic heterocycles. The standard InChI is InChI=1S/C8H10N4O2/c1-5-6(7(13)14)3-12-8(11(5)2)9-4-10-12/h4H,3H2,1-2H3,(H,13,14). The molecule has 1 aromatic rings. The Kier molecular flexibility index (Phi) is 1.77. The predicted octanol–water partition coefficient (Wildman–Crippen LogP) is 0.0865. The molecule has 14 heavy (non-hydrogen) atoms. The largest absolute Gasteiger partial charge is 0.478 e. The predicted molar refractivity (Wildman–Crippen MR) is 48.8 cm³/mol. The molecule has 0 radical (unpaired) electrons. The summed E-state index contributed by atoms with van der Waals surface area (Å²) in [5, 5.41) is 12.9. The first kappa shape index (κ1) is 8.74. The molecule has 0 aliphatic carbocycles. The second-order valence-corrected chi connectivity index (χ2v) is 3.15. The average molecular weight is 194 g/mol. The van der Waals surface area contributed by atoms with Crippen molar-refractivity contribution >= 4 is 11.9 Å². The van der Waals surface area contributed by atoms with Crippen molar-refractivity contribution in [3.8, 4) is 0 Å². The summed E-state index contributed by atoms with van der Waals surface area (Å²) < 4.78 is 1.57. The zero-order valence-electron chi connectivity index (χ0n) is 7.93. The minimum Gasteiger partial charge on any atom is -0.478 e. The third-order valence-electron chi connectivity index (χ3n) is 2.40. The van der Waals surface area contributed by atoms with Gasteiger partial charge in [-0.2, -0.15) is 10.1 Å². The molecule has 0 aromatic carbocycles. The van der Waals surface area contributed by atoms with Gasteiger partial charge in [0.05, 0.1) is 12.1 Å². The molecule has 1 N–H and O–H groups in total. The highest BCUT2D eigenvalue weighted by molar-refractivity contribution is 5.88. The Labute approximate surface area is 80.5 Å². The second kappa shape index (κ2) is 2.83. The zero-order chi connectivity index (χ0) is 10.3. The van der Waals surface area contributed by atoms with Gasteiger partial charge in [0.15, 0.2) is 0 Å². The third kappa shape index (κ3) is 1.07. The van der Waals surface area contributed by atoms with Gasteiger partial charge in [-0.3, -0.25) is 0 Å². The van der Waals surface area contributed by atoms with E-state index in [1.54, 1.807) is 23.6 Å². The van der Waals surface area contributed by atoms with Gasteiger partial charge in [-0.05, 0) is 6.92 Å². The first-order valence-corrected chi connectivity index (χ1v) is 4.16. The molecule has 2 heterocycles. The van der Waals surface area contributed by atoms with Crippen molar-refractivity contribution in [1.82, 2.24) is 14.8 Å². The zero-order valence-corrected chi connectivity index (χ0v) is 7.93. The number of carboxylic acids is 1. The van der Waals surface area contributed by atoms with Crippen molar-refractivity contribution < 1.29 is 9.90 Å². The molecule has 0 saturated carbocycles. The van der Waals surface area contributed by atoms with Gasteiger partial charge >= 0.3 is 5.97 Å². The first-order valence-electron chi connectivity index (χ1n) is 4.16. The van der Waals surface area contributed by atoms with Gasteiger partial charge in [-0.25, -0.2) is 9.48 Å². The number of rotatable bonds is 1. The van der Waals surface area contributed by atoms with E-state index in [1.807, 2.05) is 0 Å². The van der Waals surface area contributed by atoms with E-state index in [-0.39, 0.29) is 6.54 Å². The van der Waals surface area contributed by atoms with Crippen molar-refractivity contribution in [2.45, 2.75) is 13.5 Å². The molecule has 0 saturated heterocycles. The van der Waals surface area contributed by atoms with Crippen molar-refractivity contribution in [2.24, 2.45) is 0 Å². The highest BCUT2D eigenvalue weighted by Crippen LogP contribution is 2.23. The lowest BCUT2D eigenvalue weighted by atomic mass is 10.2. The smallest absolute Gasteiger partial charge is 0.335 e. The van der Waals surface area contributed by atoms with Crippen molar-refractivity contribution in [3.63, 3.8) is 0 Å². The monoisotopic (exact) mass is 194 g/mol. The fourth-order valence-electron chi connectivity index (χ4n) is 1.47. The van der Waals surface area contributed by atoms with Gasteiger partial charge < -0.3 is 10.0 Å². The Hall–Kier alpha value is -1.85. The molecule has 0 amide bonds. The molecule has 1 aromatic heterocycles. The molecular formula is C8H10N4O2. The number of allylic oxidation sites excluding steroid dienone is 1. The number of anilines is 1. The minimum atomic E-state index is -0.907. The molecule has 2 rings (SSSR count). The summed E-state index contributed by atoms with van der Waals surface area (Å²) in [6.07, 6.45) is 1.42. The third-order valence-corrected chi connectivity index (χ3v) is 2.40. The summed E-state index contributed by atoms with van der Waals surface area (Å²) in [6, 6.07) is 0. The molecule has 0 unspecified atom stereocenters.